The molecular weight excluding hydrogens is 320 g/mol. The third kappa shape index (κ3) is 3.85. The molecule has 0 aliphatic heterocycles. The monoisotopic (exact) mass is 342 g/mol. The fraction of sp³-hybridized carbons (Fsp3) is 0.368. The number of thiophene rings is 1. The fourth-order valence-corrected chi connectivity index (χ4v) is 4.18. The van der Waals surface area contributed by atoms with Crippen LogP contribution in [0.4, 0.5) is 0 Å². The van der Waals surface area contributed by atoms with Crippen LogP contribution < -0.4 is 10.9 Å². The lowest BCUT2D eigenvalue weighted by Gasteiger charge is -2.08. The van der Waals surface area contributed by atoms with Crippen LogP contribution in [-0.4, -0.2) is 11.8 Å². The van der Waals surface area contributed by atoms with Gasteiger partial charge in [0.1, 0.15) is 0 Å². The molecule has 0 radical (unpaired) electrons. The van der Waals surface area contributed by atoms with E-state index in [1.54, 1.807) is 17.4 Å². The third-order valence-electron chi connectivity index (χ3n) is 4.40. The van der Waals surface area contributed by atoms with Crippen molar-refractivity contribution in [1.82, 2.24) is 10.9 Å². The standard InChI is InChI=1S/C19H22N2O2S/c1-13-8-6-7-10-15(13)18(22)20-21-19(23)17-12-14-9-4-2-3-5-11-16(14)24-17/h6-8,10,12H,2-5,9,11H2,1H3,(H,20,22)(H,21,23). The number of carbonyl (C=O) groups excluding carboxylic acids is 2. The summed E-state index contributed by atoms with van der Waals surface area (Å²) >= 11 is 1.55. The smallest absolute Gasteiger partial charge is 0.267 e. The van der Waals surface area contributed by atoms with E-state index in [4.69, 9.17) is 0 Å². The molecule has 2 aromatic rings. The first-order valence-corrected chi connectivity index (χ1v) is 9.24. The Morgan fingerprint density at radius 1 is 0.958 bits per heavy atom. The molecule has 0 fully saturated rings. The van der Waals surface area contributed by atoms with E-state index in [0.29, 0.717) is 10.4 Å². The van der Waals surface area contributed by atoms with Crippen LogP contribution in [0.2, 0.25) is 0 Å². The van der Waals surface area contributed by atoms with Crippen LogP contribution in [0.15, 0.2) is 30.3 Å². The Morgan fingerprint density at radius 2 is 1.67 bits per heavy atom. The van der Waals surface area contributed by atoms with E-state index in [0.717, 1.165) is 18.4 Å². The van der Waals surface area contributed by atoms with Gasteiger partial charge in [-0.1, -0.05) is 31.0 Å². The summed E-state index contributed by atoms with van der Waals surface area (Å²) in [5.41, 5.74) is 7.79. The van der Waals surface area contributed by atoms with Gasteiger partial charge in [-0.15, -0.1) is 11.3 Å². The minimum absolute atomic E-state index is 0.242. The number of carbonyl (C=O) groups is 2. The van der Waals surface area contributed by atoms with Crippen LogP contribution in [0.25, 0.3) is 0 Å². The average molecular weight is 342 g/mol. The number of hydrazine groups is 1. The molecule has 4 nitrogen and oxygen atoms in total. The van der Waals surface area contributed by atoms with Crippen molar-refractivity contribution in [2.75, 3.05) is 0 Å². The van der Waals surface area contributed by atoms with Crippen molar-refractivity contribution in [3.63, 3.8) is 0 Å². The summed E-state index contributed by atoms with van der Waals surface area (Å²) in [6, 6.07) is 9.29. The summed E-state index contributed by atoms with van der Waals surface area (Å²) in [6.07, 6.45) is 7.03. The highest BCUT2D eigenvalue weighted by atomic mass is 32.1. The van der Waals surface area contributed by atoms with Crippen LogP contribution in [0.3, 0.4) is 0 Å². The van der Waals surface area contributed by atoms with Crippen LogP contribution in [0, 0.1) is 6.92 Å². The van der Waals surface area contributed by atoms with Crippen LogP contribution in [0.1, 0.15) is 61.7 Å². The zero-order valence-corrected chi connectivity index (χ0v) is 14.7. The number of rotatable bonds is 2. The van der Waals surface area contributed by atoms with Gasteiger partial charge in [-0.2, -0.15) is 0 Å². The SMILES string of the molecule is Cc1ccccc1C(=O)NNC(=O)c1cc2c(s1)CCCCCC2. The molecule has 1 aliphatic carbocycles. The van der Waals surface area contributed by atoms with Crippen molar-refractivity contribution in [3.05, 3.63) is 56.8 Å². The van der Waals surface area contributed by atoms with E-state index >= 15 is 0 Å². The van der Waals surface area contributed by atoms with E-state index in [9.17, 15) is 9.59 Å². The second-order valence-electron chi connectivity index (χ2n) is 6.20. The summed E-state index contributed by atoms with van der Waals surface area (Å²) in [5, 5.41) is 0. The topological polar surface area (TPSA) is 58.2 Å². The molecule has 0 unspecified atom stereocenters. The first kappa shape index (κ1) is 16.7. The molecule has 1 aliphatic rings. The highest BCUT2D eigenvalue weighted by Crippen LogP contribution is 2.28. The van der Waals surface area contributed by atoms with Gasteiger partial charge in [0, 0.05) is 10.4 Å². The Bertz CT molecular complexity index is 726. The van der Waals surface area contributed by atoms with Gasteiger partial charge >= 0.3 is 0 Å². The van der Waals surface area contributed by atoms with E-state index in [-0.39, 0.29) is 11.8 Å². The Morgan fingerprint density at radius 3 is 2.46 bits per heavy atom. The molecule has 1 heterocycles. The Hall–Kier alpha value is -2.14. The van der Waals surface area contributed by atoms with Crippen molar-refractivity contribution in [2.45, 2.75) is 45.4 Å². The summed E-state index contributed by atoms with van der Waals surface area (Å²) in [4.78, 5) is 26.5. The van der Waals surface area contributed by atoms with Crippen molar-refractivity contribution in [3.8, 4) is 0 Å². The number of hydrogen-bond acceptors (Lipinski definition) is 3. The summed E-state index contributed by atoms with van der Waals surface area (Å²) in [7, 11) is 0. The van der Waals surface area contributed by atoms with Gasteiger partial charge in [-0.25, -0.2) is 0 Å². The molecule has 126 valence electrons. The predicted molar refractivity (Wildman–Crippen MR) is 96.3 cm³/mol. The summed E-state index contributed by atoms with van der Waals surface area (Å²) in [6.45, 7) is 1.87. The predicted octanol–water partition coefficient (Wildman–Crippen LogP) is 3.79. The molecule has 0 saturated heterocycles. The fourth-order valence-electron chi connectivity index (χ4n) is 3.03. The molecule has 3 rings (SSSR count). The Kier molecular flexibility index (Phi) is 5.30. The second kappa shape index (κ2) is 7.62. The number of nitrogens with one attached hydrogen (secondary N) is 2. The molecule has 24 heavy (non-hydrogen) atoms. The molecule has 5 heteroatoms. The van der Waals surface area contributed by atoms with Crippen molar-refractivity contribution in [1.29, 1.82) is 0 Å². The van der Waals surface area contributed by atoms with Crippen molar-refractivity contribution < 1.29 is 9.59 Å². The maximum Gasteiger partial charge on any atom is 0.279 e. The van der Waals surface area contributed by atoms with Gasteiger partial charge in [0.15, 0.2) is 0 Å². The maximum atomic E-state index is 12.3. The Balaban J connectivity index is 1.64. The van der Waals surface area contributed by atoms with Crippen LogP contribution >= 0.6 is 11.3 Å². The number of fused-ring (bicyclic) bond motifs is 1. The van der Waals surface area contributed by atoms with Crippen LogP contribution in [-0.2, 0) is 12.8 Å². The lowest BCUT2D eigenvalue weighted by Crippen LogP contribution is -2.41. The molecule has 1 aromatic carbocycles. The number of benzene rings is 1. The van der Waals surface area contributed by atoms with Gasteiger partial charge in [0.2, 0.25) is 0 Å². The van der Waals surface area contributed by atoms with E-state index in [1.807, 2.05) is 31.2 Å². The Labute approximate surface area is 146 Å². The van der Waals surface area contributed by atoms with E-state index in [1.165, 1.54) is 36.1 Å². The highest BCUT2D eigenvalue weighted by Gasteiger charge is 2.17. The van der Waals surface area contributed by atoms with E-state index in [2.05, 4.69) is 10.9 Å². The molecule has 0 atom stereocenters. The lowest BCUT2D eigenvalue weighted by molar-refractivity contribution is 0.0848. The highest BCUT2D eigenvalue weighted by molar-refractivity contribution is 7.14. The van der Waals surface area contributed by atoms with Gasteiger partial charge in [0.05, 0.1) is 4.88 Å². The summed E-state index contributed by atoms with van der Waals surface area (Å²) < 4.78 is 0. The zero-order valence-electron chi connectivity index (χ0n) is 13.9. The quantitative estimate of drug-likeness (QED) is 0.816. The number of aryl methyl sites for hydroxylation is 3. The maximum absolute atomic E-state index is 12.3. The summed E-state index contributed by atoms with van der Waals surface area (Å²) in [5.74, 6) is -0.537. The van der Waals surface area contributed by atoms with Gasteiger partial charge in [0.25, 0.3) is 11.8 Å². The minimum atomic E-state index is -0.295. The second-order valence-corrected chi connectivity index (χ2v) is 7.33. The normalized spacial score (nSPS) is 14.2. The third-order valence-corrected chi connectivity index (χ3v) is 5.64. The van der Waals surface area contributed by atoms with Gasteiger partial charge < -0.3 is 0 Å². The van der Waals surface area contributed by atoms with Crippen LogP contribution in [0.5, 0.6) is 0 Å². The molecular formula is C19H22N2O2S. The lowest BCUT2D eigenvalue weighted by atomic mass is 10.00. The van der Waals surface area contributed by atoms with Crippen molar-refractivity contribution in [2.24, 2.45) is 0 Å². The van der Waals surface area contributed by atoms with Gasteiger partial charge in [-0.3, -0.25) is 20.4 Å². The number of amides is 2. The molecule has 2 amide bonds. The molecule has 0 saturated carbocycles. The minimum Gasteiger partial charge on any atom is -0.267 e. The zero-order chi connectivity index (χ0) is 16.9. The van der Waals surface area contributed by atoms with Crippen molar-refractivity contribution >= 4 is 23.2 Å². The van der Waals surface area contributed by atoms with E-state index < -0.39 is 0 Å². The molecule has 1 aromatic heterocycles. The first-order valence-electron chi connectivity index (χ1n) is 8.43. The molecule has 0 bridgehead atoms. The largest absolute Gasteiger partial charge is 0.279 e. The number of hydrogen-bond donors (Lipinski definition) is 2. The molecule has 0 spiro atoms. The average Bonchev–Trinajstić information content (AvgIpc) is 2.95. The first-order chi connectivity index (χ1) is 11.6. The molecule has 2 N–H and O–H groups in total. The van der Waals surface area contributed by atoms with Gasteiger partial charge in [-0.05, 0) is 55.9 Å².